The maximum atomic E-state index is 12.9. The highest BCUT2D eigenvalue weighted by atomic mass is 16.5. The Balaban J connectivity index is 1.41. The van der Waals surface area contributed by atoms with Gasteiger partial charge in [-0.1, -0.05) is 36.8 Å². The van der Waals surface area contributed by atoms with Gasteiger partial charge in [0.25, 0.3) is 0 Å². The fourth-order valence-corrected chi connectivity index (χ4v) is 4.75. The fourth-order valence-electron chi connectivity index (χ4n) is 4.75. The average molecular weight is 399 g/mol. The normalized spacial score (nSPS) is 27.8. The molecule has 2 atom stereocenters. The predicted octanol–water partition coefficient (Wildman–Crippen LogP) is 1.42. The number of piperidine rings is 1. The number of rotatable bonds is 4. The minimum absolute atomic E-state index is 0.0174. The Labute approximate surface area is 171 Å². The van der Waals surface area contributed by atoms with Gasteiger partial charge in [-0.05, 0) is 24.8 Å². The molecule has 0 saturated carbocycles. The van der Waals surface area contributed by atoms with E-state index in [9.17, 15) is 14.4 Å². The molecule has 0 aliphatic carbocycles. The van der Waals surface area contributed by atoms with Gasteiger partial charge in [0, 0.05) is 39.0 Å². The van der Waals surface area contributed by atoms with Gasteiger partial charge in [0.15, 0.2) is 0 Å². The summed E-state index contributed by atoms with van der Waals surface area (Å²) >= 11 is 0. The minimum atomic E-state index is -0.589. The molecule has 0 unspecified atom stereocenters. The molecule has 0 radical (unpaired) electrons. The first-order valence-electron chi connectivity index (χ1n) is 10.6. The van der Waals surface area contributed by atoms with Crippen LogP contribution in [0.25, 0.3) is 0 Å². The zero-order valence-corrected chi connectivity index (χ0v) is 16.8. The van der Waals surface area contributed by atoms with Crippen molar-refractivity contribution in [2.45, 2.75) is 50.2 Å². The van der Waals surface area contributed by atoms with E-state index in [0.717, 1.165) is 31.4 Å². The van der Waals surface area contributed by atoms with Crippen molar-refractivity contribution in [2.24, 2.45) is 0 Å². The SMILES string of the molecule is O=C1CO[C@@H]2CN(C(=O)CCN3CCCCCC3=O)CC[C@@]2(c2ccccc2)N1. The third-order valence-electron chi connectivity index (χ3n) is 6.40. The monoisotopic (exact) mass is 399 g/mol. The number of morpholine rings is 1. The molecule has 0 aromatic heterocycles. The van der Waals surface area contributed by atoms with E-state index in [1.165, 1.54) is 0 Å². The van der Waals surface area contributed by atoms with E-state index in [-0.39, 0.29) is 30.4 Å². The number of fused-ring (bicyclic) bond motifs is 1. The van der Waals surface area contributed by atoms with E-state index in [4.69, 9.17) is 4.74 Å². The van der Waals surface area contributed by atoms with Gasteiger partial charge >= 0.3 is 0 Å². The number of nitrogens with one attached hydrogen (secondary N) is 1. The second-order valence-electron chi connectivity index (χ2n) is 8.22. The first kappa shape index (κ1) is 19.9. The molecule has 3 aliphatic rings. The van der Waals surface area contributed by atoms with Crippen molar-refractivity contribution < 1.29 is 19.1 Å². The summed E-state index contributed by atoms with van der Waals surface area (Å²) in [5.41, 5.74) is 0.425. The smallest absolute Gasteiger partial charge is 0.246 e. The standard InChI is InChI=1S/C22H29N3O4/c26-19-16-29-18-15-25(14-11-22(18,23-19)17-7-3-1-4-8-17)21(28)10-13-24-12-6-2-5-9-20(24)27/h1,3-4,7-8,18H,2,5-6,9-16H2,(H,23,26)/t18-,22+/m1/s1. The van der Waals surface area contributed by atoms with Crippen LogP contribution in [0.15, 0.2) is 30.3 Å². The molecule has 3 fully saturated rings. The third-order valence-corrected chi connectivity index (χ3v) is 6.40. The van der Waals surface area contributed by atoms with Gasteiger partial charge in [-0.25, -0.2) is 0 Å². The fraction of sp³-hybridized carbons (Fsp3) is 0.591. The van der Waals surface area contributed by atoms with E-state index >= 15 is 0 Å². The van der Waals surface area contributed by atoms with Crippen molar-refractivity contribution in [1.29, 1.82) is 0 Å². The molecule has 156 valence electrons. The molecule has 1 aromatic rings. The van der Waals surface area contributed by atoms with Crippen LogP contribution in [0.4, 0.5) is 0 Å². The van der Waals surface area contributed by atoms with Crippen LogP contribution >= 0.6 is 0 Å². The molecule has 0 bridgehead atoms. The maximum Gasteiger partial charge on any atom is 0.246 e. The molecule has 3 saturated heterocycles. The lowest BCUT2D eigenvalue weighted by Gasteiger charge is -2.50. The number of hydrogen-bond donors (Lipinski definition) is 1. The number of benzene rings is 1. The second-order valence-corrected chi connectivity index (χ2v) is 8.22. The summed E-state index contributed by atoms with van der Waals surface area (Å²) in [7, 11) is 0. The van der Waals surface area contributed by atoms with Crippen molar-refractivity contribution >= 4 is 17.7 Å². The summed E-state index contributed by atoms with van der Waals surface area (Å²) in [6.45, 7) is 2.26. The van der Waals surface area contributed by atoms with Crippen LogP contribution in [0, 0.1) is 0 Å². The third kappa shape index (κ3) is 4.15. The molecule has 3 amide bonds. The molecule has 1 N–H and O–H groups in total. The number of nitrogens with zero attached hydrogens (tertiary/aromatic N) is 2. The Morgan fingerprint density at radius 1 is 1.14 bits per heavy atom. The number of amides is 3. The minimum Gasteiger partial charge on any atom is -0.364 e. The van der Waals surface area contributed by atoms with Gasteiger partial charge in [0.2, 0.25) is 17.7 Å². The maximum absolute atomic E-state index is 12.9. The quantitative estimate of drug-likeness (QED) is 0.831. The molecule has 0 spiro atoms. The Morgan fingerprint density at radius 3 is 2.79 bits per heavy atom. The molecule has 3 aliphatic heterocycles. The summed E-state index contributed by atoms with van der Waals surface area (Å²) < 4.78 is 5.89. The van der Waals surface area contributed by atoms with E-state index < -0.39 is 5.54 Å². The number of carbonyl (C=O) groups is 3. The van der Waals surface area contributed by atoms with Crippen molar-refractivity contribution in [3.8, 4) is 0 Å². The number of hydrogen-bond acceptors (Lipinski definition) is 4. The van der Waals surface area contributed by atoms with Crippen molar-refractivity contribution in [1.82, 2.24) is 15.1 Å². The van der Waals surface area contributed by atoms with E-state index in [0.29, 0.717) is 38.9 Å². The lowest BCUT2D eigenvalue weighted by Crippen LogP contribution is -2.67. The second kappa shape index (κ2) is 8.53. The summed E-state index contributed by atoms with van der Waals surface area (Å²) in [5, 5.41) is 3.15. The topological polar surface area (TPSA) is 79.0 Å². The van der Waals surface area contributed by atoms with Crippen LogP contribution in [0.2, 0.25) is 0 Å². The highest BCUT2D eigenvalue weighted by molar-refractivity contribution is 5.81. The lowest BCUT2D eigenvalue weighted by atomic mass is 9.77. The van der Waals surface area contributed by atoms with Crippen LogP contribution in [-0.4, -0.2) is 66.4 Å². The summed E-state index contributed by atoms with van der Waals surface area (Å²) in [6, 6.07) is 9.87. The molecular weight excluding hydrogens is 370 g/mol. The summed E-state index contributed by atoms with van der Waals surface area (Å²) in [4.78, 5) is 40.8. The van der Waals surface area contributed by atoms with Crippen molar-refractivity contribution in [3.63, 3.8) is 0 Å². The van der Waals surface area contributed by atoms with Crippen molar-refractivity contribution in [2.75, 3.05) is 32.8 Å². The zero-order valence-electron chi connectivity index (χ0n) is 16.8. The average Bonchev–Trinajstić information content (AvgIpc) is 2.96. The first-order chi connectivity index (χ1) is 14.1. The van der Waals surface area contributed by atoms with E-state index in [2.05, 4.69) is 5.32 Å². The van der Waals surface area contributed by atoms with Crippen LogP contribution in [0.3, 0.4) is 0 Å². The lowest BCUT2D eigenvalue weighted by molar-refractivity contribution is -0.157. The molecule has 7 heteroatoms. The van der Waals surface area contributed by atoms with Crippen LogP contribution < -0.4 is 5.32 Å². The number of ether oxygens (including phenoxy) is 1. The molecule has 1 aromatic carbocycles. The highest BCUT2D eigenvalue weighted by Crippen LogP contribution is 2.37. The number of likely N-dealkylation sites (tertiary alicyclic amines) is 2. The van der Waals surface area contributed by atoms with Crippen LogP contribution in [0.5, 0.6) is 0 Å². The zero-order chi connectivity index (χ0) is 20.3. The molecule has 29 heavy (non-hydrogen) atoms. The van der Waals surface area contributed by atoms with Gasteiger partial charge in [0.05, 0.1) is 5.54 Å². The van der Waals surface area contributed by atoms with E-state index in [1.807, 2.05) is 40.1 Å². The molecule has 3 heterocycles. The Bertz CT molecular complexity index is 769. The molecule has 4 rings (SSSR count). The van der Waals surface area contributed by atoms with Gasteiger partial charge in [-0.15, -0.1) is 0 Å². The van der Waals surface area contributed by atoms with Gasteiger partial charge in [0.1, 0.15) is 12.7 Å². The highest BCUT2D eigenvalue weighted by Gasteiger charge is 2.49. The summed E-state index contributed by atoms with van der Waals surface area (Å²) in [5.74, 6) is 0.0872. The largest absolute Gasteiger partial charge is 0.364 e. The number of carbonyl (C=O) groups excluding carboxylic acids is 3. The molecular formula is C22H29N3O4. The van der Waals surface area contributed by atoms with Crippen LogP contribution in [-0.2, 0) is 24.7 Å². The molecule has 7 nitrogen and oxygen atoms in total. The van der Waals surface area contributed by atoms with Gasteiger partial charge in [-0.3, -0.25) is 14.4 Å². The van der Waals surface area contributed by atoms with Gasteiger partial charge in [-0.2, -0.15) is 0 Å². The van der Waals surface area contributed by atoms with Crippen LogP contribution in [0.1, 0.15) is 44.1 Å². The Morgan fingerprint density at radius 2 is 1.97 bits per heavy atom. The Kier molecular flexibility index (Phi) is 5.85. The first-order valence-corrected chi connectivity index (χ1v) is 10.6. The van der Waals surface area contributed by atoms with E-state index in [1.54, 1.807) is 0 Å². The Hall–Kier alpha value is -2.41. The van der Waals surface area contributed by atoms with Crippen molar-refractivity contribution in [3.05, 3.63) is 35.9 Å². The summed E-state index contributed by atoms with van der Waals surface area (Å²) in [6.07, 6.45) is 4.30. The van der Waals surface area contributed by atoms with Gasteiger partial charge < -0.3 is 19.9 Å². The predicted molar refractivity (Wildman–Crippen MR) is 107 cm³/mol.